The Balaban J connectivity index is 1.88. The fourth-order valence-corrected chi connectivity index (χ4v) is 3.18. The third-order valence-electron chi connectivity index (χ3n) is 4.43. The molecule has 25 heavy (non-hydrogen) atoms. The lowest BCUT2D eigenvalue weighted by Crippen LogP contribution is -2.20. The molecule has 1 amide bonds. The molecule has 4 heteroatoms. The number of carbonyl (C=O) groups is 1. The Bertz CT molecular complexity index is 935. The number of anilines is 1. The van der Waals surface area contributed by atoms with E-state index in [2.05, 4.69) is 31.1 Å². The van der Waals surface area contributed by atoms with E-state index in [0.29, 0.717) is 0 Å². The van der Waals surface area contributed by atoms with Gasteiger partial charge >= 0.3 is 0 Å². The standard InChI is InChI=1S/C21H23FN2O/c1-13-15(16-11-14(22)9-10-18(16)23-13)12-20(25)24-19-8-6-5-7-17(19)21(2,3)4/h5-11,23H,12H2,1-4H3,(H,24,25). The smallest absolute Gasteiger partial charge is 0.228 e. The molecule has 0 aliphatic carbocycles. The van der Waals surface area contributed by atoms with E-state index in [1.54, 1.807) is 6.07 Å². The number of rotatable bonds is 3. The second kappa shape index (κ2) is 6.36. The largest absolute Gasteiger partial charge is 0.358 e. The molecule has 2 aromatic carbocycles. The molecule has 0 aliphatic heterocycles. The van der Waals surface area contributed by atoms with Gasteiger partial charge in [-0.15, -0.1) is 0 Å². The molecule has 1 heterocycles. The number of hydrogen-bond donors (Lipinski definition) is 2. The SMILES string of the molecule is Cc1[nH]c2ccc(F)cc2c1CC(=O)Nc1ccccc1C(C)(C)C. The van der Waals surface area contributed by atoms with Crippen molar-refractivity contribution in [3.8, 4) is 0 Å². The van der Waals surface area contributed by atoms with E-state index in [1.807, 2.05) is 31.2 Å². The number of amides is 1. The van der Waals surface area contributed by atoms with Crippen LogP contribution in [0.1, 0.15) is 37.6 Å². The maximum Gasteiger partial charge on any atom is 0.228 e. The van der Waals surface area contributed by atoms with Gasteiger partial charge in [-0.25, -0.2) is 4.39 Å². The van der Waals surface area contributed by atoms with E-state index < -0.39 is 0 Å². The molecule has 0 spiro atoms. The van der Waals surface area contributed by atoms with Crippen molar-refractivity contribution in [2.24, 2.45) is 0 Å². The summed E-state index contributed by atoms with van der Waals surface area (Å²) in [5.41, 5.74) is 4.41. The van der Waals surface area contributed by atoms with E-state index in [9.17, 15) is 9.18 Å². The number of nitrogens with one attached hydrogen (secondary N) is 2. The minimum Gasteiger partial charge on any atom is -0.358 e. The van der Waals surface area contributed by atoms with Gasteiger partial charge in [0.25, 0.3) is 0 Å². The van der Waals surface area contributed by atoms with E-state index in [-0.39, 0.29) is 23.6 Å². The number of H-pyrrole nitrogens is 1. The maximum absolute atomic E-state index is 13.6. The van der Waals surface area contributed by atoms with Crippen molar-refractivity contribution in [3.63, 3.8) is 0 Å². The molecule has 0 aliphatic rings. The van der Waals surface area contributed by atoms with Crippen LogP contribution in [0.4, 0.5) is 10.1 Å². The number of aryl methyl sites for hydroxylation is 1. The highest BCUT2D eigenvalue weighted by molar-refractivity contribution is 5.97. The molecule has 0 fully saturated rings. The summed E-state index contributed by atoms with van der Waals surface area (Å²) in [7, 11) is 0. The average Bonchev–Trinajstić information content (AvgIpc) is 2.82. The summed E-state index contributed by atoms with van der Waals surface area (Å²) in [5, 5.41) is 3.78. The zero-order valence-corrected chi connectivity index (χ0v) is 15.0. The molecule has 0 unspecified atom stereocenters. The highest BCUT2D eigenvalue weighted by atomic mass is 19.1. The van der Waals surface area contributed by atoms with Gasteiger partial charge in [0, 0.05) is 22.3 Å². The van der Waals surface area contributed by atoms with E-state index in [4.69, 9.17) is 0 Å². The summed E-state index contributed by atoms with van der Waals surface area (Å²) in [4.78, 5) is 15.8. The van der Waals surface area contributed by atoms with Crippen LogP contribution in [0, 0.1) is 12.7 Å². The van der Waals surface area contributed by atoms with Crippen LogP contribution in [0.5, 0.6) is 0 Å². The first-order valence-corrected chi connectivity index (χ1v) is 8.42. The Morgan fingerprint density at radius 3 is 2.60 bits per heavy atom. The summed E-state index contributed by atoms with van der Waals surface area (Å²) in [6, 6.07) is 12.4. The first-order valence-electron chi connectivity index (χ1n) is 8.42. The molecular weight excluding hydrogens is 315 g/mol. The van der Waals surface area contributed by atoms with E-state index in [1.165, 1.54) is 12.1 Å². The van der Waals surface area contributed by atoms with Crippen molar-refractivity contribution >= 4 is 22.5 Å². The Hall–Kier alpha value is -2.62. The van der Waals surface area contributed by atoms with Crippen molar-refractivity contribution in [2.75, 3.05) is 5.32 Å². The Labute approximate surface area is 147 Å². The van der Waals surface area contributed by atoms with Gasteiger partial charge in [0.2, 0.25) is 5.91 Å². The van der Waals surface area contributed by atoms with Crippen LogP contribution >= 0.6 is 0 Å². The molecule has 3 aromatic rings. The lowest BCUT2D eigenvalue weighted by atomic mass is 9.86. The predicted octanol–water partition coefficient (Wildman–Crippen LogP) is 5.09. The van der Waals surface area contributed by atoms with Crippen molar-refractivity contribution in [3.05, 3.63) is 65.1 Å². The molecule has 3 nitrogen and oxygen atoms in total. The van der Waals surface area contributed by atoms with Gasteiger partial charge in [-0.1, -0.05) is 39.0 Å². The molecule has 3 rings (SSSR count). The third kappa shape index (κ3) is 3.58. The van der Waals surface area contributed by atoms with E-state index in [0.717, 1.165) is 33.4 Å². The van der Waals surface area contributed by atoms with Crippen LogP contribution in [-0.2, 0) is 16.6 Å². The van der Waals surface area contributed by atoms with Gasteiger partial charge in [0.15, 0.2) is 0 Å². The van der Waals surface area contributed by atoms with Crippen LogP contribution in [0.2, 0.25) is 0 Å². The van der Waals surface area contributed by atoms with Gasteiger partial charge in [-0.2, -0.15) is 0 Å². The van der Waals surface area contributed by atoms with E-state index >= 15 is 0 Å². The Morgan fingerprint density at radius 1 is 1.16 bits per heavy atom. The normalized spacial score (nSPS) is 11.7. The molecule has 2 N–H and O–H groups in total. The number of benzene rings is 2. The molecule has 1 aromatic heterocycles. The number of halogens is 1. The summed E-state index contributed by atoms with van der Waals surface area (Å²) < 4.78 is 13.6. The van der Waals surface area contributed by atoms with Crippen LogP contribution in [0.3, 0.4) is 0 Å². The van der Waals surface area contributed by atoms with Gasteiger partial charge in [-0.05, 0) is 47.7 Å². The van der Waals surface area contributed by atoms with Crippen LogP contribution in [0.15, 0.2) is 42.5 Å². The number of aromatic amines is 1. The maximum atomic E-state index is 13.6. The molecule has 130 valence electrons. The number of fused-ring (bicyclic) bond motifs is 1. The highest BCUT2D eigenvalue weighted by Crippen LogP contribution is 2.30. The minimum absolute atomic E-state index is 0.0658. The van der Waals surface area contributed by atoms with Gasteiger partial charge in [0.05, 0.1) is 6.42 Å². The monoisotopic (exact) mass is 338 g/mol. The topological polar surface area (TPSA) is 44.9 Å². The quantitative estimate of drug-likeness (QED) is 0.686. The number of hydrogen-bond acceptors (Lipinski definition) is 1. The van der Waals surface area contributed by atoms with Gasteiger partial charge in [-0.3, -0.25) is 4.79 Å². The Kier molecular flexibility index (Phi) is 4.38. The molecular formula is C21H23FN2O. The molecule has 0 atom stereocenters. The Morgan fingerprint density at radius 2 is 1.88 bits per heavy atom. The predicted molar refractivity (Wildman–Crippen MR) is 100 cm³/mol. The molecule has 0 saturated carbocycles. The van der Waals surface area contributed by atoms with Crippen molar-refractivity contribution in [1.29, 1.82) is 0 Å². The zero-order valence-electron chi connectivity index (χ0n) is 15.0. The van der Waals surface area contributed by atoms with Crippen LogP contribution in [-0.4, -0.2) is 10.9 Å². The lowest BCUT2D eigenvalue weighted by molar-refractivity contribution is -0.115. The van der Waals surface area contributed by atoms with Crippen molar-refractivity contribution in [2.45, 2.75) is 39.5 Å². The first-order chi connectivity index (χ1) is 11.8. The summed E-state index contributed by atoms with van der Waals surface area (Å²) in [5.74, 6) is -0.406. The number of carbonyl (C=O) groups excluding carboxylic acids is 1. The van der Waals surface area contributed by atoms with Crippen molar-refractivity contribution in [1.82, 2.24) is 4.98 Å². The van der Waals surface area contributed by atoms with Gasteiger partial charge in [0.1, 0.15) is 5.82 Å². The summed E-state index contributed by atoms with van der Waals surface area (Å²) in [6.45, 7) is 8.25. The molecule has 0 saturated heterocycles. The number of para-hydroxylation sites is 1. The summed E-state index contributed by atoms with van der Waals surface area (Å²) >= 11 is 0. The zero-order chi connectivity index (χ0) is 18.2. The fraction of sp³-hybridized carbons (Fsp3) is 0.286. The minimum atomic E-state index is -0.300. The lowest BCUT2D eigenvalue weighted by Gasteiger charge is -2.23. The molecule has 0 radical (unpaired) electrons. The van der Waals surface area contributed by atoms with Gasteiger partial charge < -0.3 is 10.3 Å². The summed E-state index contributed by atoms with van der Waals surface area (Å²) in [6.07, 6.45) is 0.202. The first kappa shape index (κ1) is 17.2. The van der Waals surface area contributed by atoms with Crippen LogP contribution in [0.25, 0.3) is 10.9 Å². The molecule has 0 bridgehead atoms. The van der Waals surface area contributed by atoms with Crippen LogP contribution < -0.4 is 5.32 Å². The fourth-order valence-electron chi connectivity index (χ4n) is 3.18. The third-order valence-corrected chi connectivity index (χ3v) is 4.43. The second-order valence-electron chi connectivity index (χ2n) is 7.44. The average molecular weight is 338 g/mol. The number of aromatic nitrogens is 1. The second-order valence-corrected chi connectivity index (χ2v) is 7.44. The highest BCUT2D eigenvalue weighted by Gasteiger charge is 2.19. The van der Waals surface area contributed by atoms with Crippen molar-refractivity contribution < 1.29 is 9.18 Å².